The Morgan fingerprint density at radius 2 is 2.00 bits per heavy atom. The van der Waals surface area contributed by atoms with Crippen LogP contribution in [-0.4, -0.2) is 16.1 Å². The molecule has 0 spiro atoms. The molecule has 0 amide bonds. The molecule has 1 aromatic carbocycles. The van der Waals surface area contributed by atoms with Crippen LogP contribution < -0.4 is 0 Å². The third kappa shape index (κ3) is 2.47. The van der Waals surface area contributed by atoms with Gasteiger partial charge in [0.05, 0.1) is 5.56 Å². The molecular formula is C13H10FNO2. The highest BCUT2D eigenvalue weighted by Crippen LogP contribution is 2.15. The standard InChI is InChI=1S/C13H10FNO2/c14-12-4-2-1-3-9(12)7-10-8-15-6-5-11(10)13(16)17/h1-6,8H,7H2,(H,16,17). The number of aromatic nitrogens is 1. The summed E-state index contributed by atoms with van der Waals surface area (Å²) in [6.07, 6.45) is 3.09. The lowest BCUT2D eigenvalue weighted by Crippen LogP contribution is -2.04. The Hall–Kier alpha value is -2.23. The van der Waals surface area contributed by atoms with E-state index in [1.807, 2.05) is 0 Å². The largest absolute Gasteiger partial charge is 0.478 e. The van der Waals surface area contributed by atoms with Gasteiger partial charge in [0.15, 0.2) is 0 Å². The van der Waals surface area contributed by atoms with Crippen LogP contribution in [0.2, 0.25) is 0 Å². The molecule has 86 valence electrons. The van der Waals surface area contributed by atoms with Crippen molar-refractivity contribution >= 4 is 5.97 Å². The van der Waals surface area contributed by atoms with Gasteiger partial charge in [0, 0.05) is 18.8 Å². The Morgan fingerprint density at radius 1 is 1.24 bits per heavy atom. The summed E-state index contributed by atoms with van der Waals surface area (Å²) in [7, 11) is 0. The van der Waals surface area contributed by atoms with Gasteiger partial charge < -0.3 is 5.11 Å². The van der Waals surface area contributed by atoms with Gasteiger partial charge in [0.2, 0.25) is 0 Å². The molecule has 0 aliphatic heterocycles. The molecule has 1 N–H and O–H groups in total. The van der Waals surface area contributed by atoms with Crippen molar-refractivity contribution in [3.05, 3.63) is 65.2 Å². The van der Waals surface area contributed by atoms with Crippen LogP contribution in [0.1, 0.15) is 21.5 Å². The number of carboxylic acid groups (broad SMARTS) is 1. The van der Waals surface area contributed by atoms with Gasteiger partial charge in [0.25, 0.3) is 0 Å². The first kappa shape index (κ1) is 11.3. The molecule has 2 aromatic rings. The highest BCUT2D eigenvalue weighted by molar-refractivity contribution is 5.89. The zero-order valence-electron chi connectivity index (χ0n) is 8.93. The van der Waals surface area contributed by atoms with Crippen LogP contribution >= 0.6 is 0 Å². The minimum Gasteiger partial charge on any atom is -0.478 e. The molecule has 0 bridgehead atoms. The Kier molecular flexibility index (Phi) is 3.14. The number of rotatable bonds is 3. The fraction of sp³-hybridized carbons (Fsp3) is 0.0769. The molecule has 0 saturated heterocycles. The Bertz CT molecular complexity index is 555. The van der Waals surface area contributed by atoms with E-state index in [-0.39, 0.29) is 17.8 Å². The fourth-order valence-corrected chi connectivity index (χ4v) is 1.62. The number of nitrogens with zero attached hydrogens (tertiary/aromatic N) is 1. The summed E-state index contributed by atoms with van der Waals surface area (Å²) in [4.78, 5) is 14.8. The molecule has 0 aliphatic rings. The van der Waals surface area contributed by atoms with Gasteiger partial charge in [-0.15, -0.1) is 0 Å². The smallest absolute Gasteiger partial charge is 0.336 e. The first-order chi connectivity index (χ1) is 8.18. The average Bonchev–Trinajstić information content (AvgIpc) is 2.32. The fourth-order valence-electron chi connectivity index (χ4n) is 1.62. The molecule has 0 aliphatic carbocycles. The van der Waals surface area contributed by atoms with Crippen LogP contribution in [0.15, 0.2) is 42.7 Å². The molecule has 0 fully saturated rings. The summed E-state index contributed by atoms with van der Waals surface area (Å²) in [5.74, 6) is -1.37. The highest BCUT2D eigenvalue weighted by Gasteiger charge is 2.11. The first-order valence-corrected chi connectivity index (χ1v) is 5.08. The van der Waals surface area contributed by atoms with Crippen LogP contribution in [-0.2, 0) is 6.42 Å². The van der Waals surface area contributed by atoms with Crippen LogP contribution in [0.4, 0.5) is 4.39 Å². The van der Waals surface area contributed by atoms with E-state index in [9.17, 15) is 9.18 Å². The average molecular weight is 231 g/mol. The second kappa shape index (κ2) is 4.74. The molecule has 4 heteroatoms. The zero-order chi connectivity index (χ0) is 12.3. The first-order valence-electron chi connectivity index (χ1n) is 5.08. The van der Waals surface area contributed by atoms with Crippen LogP contribution in [0, 0.1) is 5.82 Å². The van der Waals surface area contributed by atoms with Crippen molar-refractivity contribution in [3.63, 3.8) is 0 Å². The molecule has 0 radical (unpaired) electrons. The maximum absolute atomic E-state index is 13.4. The van der Waals surface area contributed by atoms with Crippen molar-refractivity contribution in [2.45, 2.75) is 6.42 Å². The lowest BCUT2D eigenvalue weighted by molar-refractivity contribution is 0.0695. The Morgan fingerprint density at radius 3 is 2.71 bits per heavy atom. The van der Waals surface area contributed by atoms with Gasteiger partial charge in [-0.05, 0) is 23.3 Å². The van der Waals surface area contributed by atoms with E-state index in [1.165, 1.54) is 24.5 Å². The molecule has 1 heterocycles. The summed E-state index contributed by atoms with van der Waals surface area (Å²) in [5, 5.41) is 8.99. The zero-order valence-corrected chi connectivity index (χ0v) is 8.93. The van der Waals surface area contributed by atoms with Crippen molar-refractivity contribution in [1.29, 1.82) is 0 Å². The third-order valence-corrected chi connectivity index (χ3v) is 2.47. The normalized spacial score (nSPS) is 10.2. The number of pyridine rings is 1. The lowest BCUT2D eigenvalue weighted by Gasteiger charge is -2.06. The second-order valence-corrected chi connectivity index (χ2v) is 3.61. The van der Waals surface area contributed by atoms with Crippen molar-refractivity contribution in [1.82, 2.24) is 4.98 Å². The predicted octanol–water partition coefficient (Wildman–Crippen LogP) is 2.51. The quantitative estimate of drug-likeness (QED) is 0.882. The predicted molar refractivity (Wildman–Crippen MR) is 60.4 cm³/mol. The van der Waals surface area contributed by atoms with Gasteiger partial charge in [-0.25, -0.2) is 9.18 Å². The number of hydrogen-bond donors (Lipinski definition) is 1. The molecular weight excluding hydrogens is 221 g/mol. The van der Waals surface area contributed by atoms with Gasteiger partial charge in [-0.3, -0.25) is 4.98 Å². The number of carboxylic acids is 1. The highest BCUT2D eigenvalue weighted by atomic mass is 19.1. The lowest BCUT2D eigenvalue weighted by atomic mass is 10.0. The Balaban J connectivity index is 2.37. The molecule has 3 nitrogen and oxygen atoms in total. The maximum atomic E-state index is 13.4. The SMILES string of the molecule is O=C(O)c1ccncc1Cc1ccccc1F. The van der Waals surface area contributed by atoms with Gasteiger partial charge in [-0.2, -0.15) is 0 Å². The van der Waals surface area contributed by atoms with Crippen molar-refractivity contribution in [2.24, 2.45) is 0 Å². The van der Waals surface area contributed by atoms with Crippen molar-refractivity contribution in [3.8, 4) is 0 Å². The van der Waals surface area contributed by atoms with Gasteiger partial charge in [0.1, 0.15) is 5.82 Å². The number of carbonyl (C=O) groups is 1. The molecule has 2 rings (SSSR count). The van der Waals surface area contributed by atoms with E-state index < -0.39 is 5.97 Å². The summed E-state index contributed by atoms with van der Waals surface area (Å²) in [6, 6.07) is 7.72. The van der Waals surface area contributed by atoms with E-state index >= 15 is 0 Å². The van der Waals surface area contributed by atoms with E-state index in [0.717, 1.165) is 0 Å². The third-order valence-electron chi connectivity index (χ3n) is 2.47. The minimum atomic E-state index is -1.03. The number of aromatic carboxylic acids is 1. The van der Waals surface area contributed by atoms with Gasteiger partial charge >= 0.3 is 5.97 Å². The van der Waals surface area contributed by atoms with Crippen molar-refractivity contribution < 1.29 is 14.3 Å². The van der Waals surface area contributed by atoms with Crippen LogP contribution in [0.25, 0.3) is 0 Å². The van der Waals surface area contributed by atoms with E-state index in [0.29, 0.717) is 11.1 Å². The summed E-state index contributed by atoms with van der Waals surface area (Å²) >= 11 is 0. The van der Waals surface area contributed by atoms with Gasteiger partial charge in [-0.1, -0.05) is 18.2 Å². The molecule has 0 atom stereocenters. The summed E-state index contributed by atoms with van der Waals surface area (Å²) < 4.78 is 13.4. The minimum absolute atomic E-state index is 0.156. The molecule has 0 unspecified atom stereocenters. The van der Waals surface area contributed by atoms with Crippen LogP contribution in [0.3, 0.4) is 0 Å². The molecule has 17 heavy (non-hydrogen) atoms. The molecule has 1 aromatic heterocycles. The summed E-state index contributed by atoms with van der Waals surface area (Å²) in [5.41, 5.74) is 1.12. The second-order valence-electron chi connectivity index (χ2n) is 3.61. The van der Waals surface area contributed by atoms with E-state index in [4.69, 9.17) is 5.11 Å². The topological polar surface area (TPSA) is 50.2 Å². The van der Waals surface area contributed by atoms with E-state index in [1.54, 1.807) is 18.2 Å². The molecule has 0 saturated carbocycles. The monoisotopic (exact) mass is 231 g/mol. The Labute approximate surface area is 97.6 Å². The van der Waals surface area contributed by atoms with E-state index in [2.05, 4.69) is 4.98 Å². The number of hydrogen-bond acceptors (Lipinski definition) is 2. The van der Waals surface area contributed by atoms with Crippen molar-refractivity contribution in [2.75, 3.05) is 0 Å². The number of halogens is 1. The maximum Gasteiger partial charge on any atom is 0.336 e. The van der Waals surface area contributed by atoms with Crippen LogP contribution in [0.5, 0.6) is 0 Å². The number of benzene rings is 1. The summed E-state index contributed by atoms with van der Waals surface area (Å²) in [6.45, 7) is 0.